The lowest BCUT2D eigenvalue weighted by Gasteiger charge is -2.50. The van der Waals surface area contributed by atoms with Crippen molar-refractivity contribution in [3.8, 4) is 0 Å². The molecule has 1 aliphatic heterocycles. The van der Waals surface area contributed by atoms with Gasteiger partial charge in [-0.1, -0.05) is 6.08 Å². The Morgan fingerprint density at radius 3 is 0.841 bits per heavy atom. The van der Waals surface area contributed by atoms with Gasteiger partial charge < -0.3 is 74.8 Å². The molecule has 1 heterocycles. The van der Waals surface area contributed by atoms with Crippen LogP contribution in [0.4, 0.5) is 0 Å². The Balaban J connectivity index is 3.17. The fourth-order valence-electron chi connectivity index (χ4n) is 6.38. The minimum absolute atomic E-state index is 0.0535. The van der Waals surface area contributed by atoms with Crippen LogP contribution in [0.25, 0.3) is 0 Å². The van der Waals surface area contributed by atoms with Gasteiger partial charge in [-0.2, -0.15) is 0 Å². The molecule has 0 aliphatic carbocycles. The first-order valence-electron chi connectivity index (χ1n) is 22.0. The summed E-state index contributed by atoms with van der Waals surface area (Å²) in [5.74, 6) is -8.11. The minimum Gasteiger partial charge on any atom is -0.481 e. The molecule has 1 saturated heterocycles. The number of esters is 4. The fourth-order valence-corrected chi connectivity index (χ4v) is 29.6. The summed E-state index contributed by atoms with van der Waals surface area (Å²) in [4.78, 5) is 89.6. The van der Waals surface area contributed by atoms with E-state index in [1.54, 1.807) is 0 Å². The van der Waals surface area contributed by atoms with Crippen LogP contribution in [0.3, 0.4) is 0 Å². The number of carbonyl (C=O) groups is 8. The molecule has 0 aromatic rings. The summed E-state index contributed by atoms with van der Waals surface area (Å²) in [6.45, 7) is 8.66. The summed E-state index contributed by atoms with van der Waals surface area (Å²) >= 11 is 0. The molecular formula is C41H66O24Si4. The van der Waals surface area contributed by atoms with Gasteiger partial charge in [0.1, 0.15) is 26.4 Å². The maximum atomic E-state index is 11.8. The maximum absolute atomic E-state index is 11.8. The van der Waals surface area contributed by atoms with Crippen molar-refractivity contribution in [2.75, 3.05) is 79.3 Å². The van der Waals surface area contributed by atoms with Gasteiger partial charge in [-0.3, -0.25) is 4.79 Å². The normalized spacial score (nSPS) is 21.8. The third-order valence-corrected chi connectivity index (χ3v) is 27.8. The molecule has 0 aromatic heterocycles. The molecule has 0 spiro atoms. The molecule has 4 N–H and O–H groups in total. The van der Waals surface area contributed by atoms with Gasteiger partial charge >= 0.3 is 82.0 Å². The molecule has 2 unspecified atom stereocenters. The average Bonchev–Trinajstić information content (AvgIpc) is 3.24. The van der Waals surface area contributed by atoms with Crippen LogP contribution in [0.5, 0.6) is 0 Å². The first kappa shape index (κ1) is 62.3. The highest BCUT2D eigenvalue weighted by Gasteiger charge is 2.56. The second kappa shape index (κ2) is 34.5. The van der Waals surface area contributed by atoms with Gasteiger partial charge in [0.05, 0.1) is 32.8 Å². The molecule has 0 bridgehead atoms. The summed E-state index contributed by atoms with van der Waals surface area (Å²) in [5, 5.41) is 34.8. The van der Waals surface area contributed by atoms with Crippen LogP contribution >= 0.6 is 0 Å². The van der Waals surface area contributed by atoms with Crippen molar-refractivity contribution in [1.29, 1.82) is 0 Å². The minimum atomic E-state index is -3.18. The van der Waals surface area contributed by atoms with Gasteiger partial charge in [0.15, 0.2) is 0 Å². The first-order valence-corrected chi connectivity index (χ1v) is 32.1. The number of hydrogen-bond acceptors (Lipinski definition) is 20. The summed E-state index contributed by atoms with van der Waals surface area (Å²) in [5.41, 5.74) is 0. The van der Waals surface area contributed by atoms with E-state index in [0.29, 0.717) is 68.1 Å². The van der Waals surface area contributed by atoms with Crippen molar-refractivity contribution in [3.05, 3.63) is 48.6 Å². The van der Waals surface area contributed by atoms with E-state index in [0.717, 1.165) is 24.3 Å². The van der Waals surface area contributed by atoms with Crippen molar-refractivity contribution < 1.29 is 113 Å². The smallest absolute Gasteiger partial charge is 0.331 e. The van der Waals surface area contributed by atoms with Crippen molar-refractivity contribution in [2.45, 2.75) is 82.5 Å². The molecule has 69 heavy (non-hydrogen) atoms. The van der Waals surface area contributed by atoms with Crippen LogP contribution in [-0.2, 0) is 92.7 Å². The van der Waals surface area contributed by atoms with Gasteiger partial charge in [0.25, 0.3) is 0 Å². The van der Waals surface area contributed by atoms with E-state index in [9.17, 15) is 38.4 Å². The predicted octanol–water partition coefficient (Wildman–Crippen LogP) is 3.11. The zero-order chi connectivity index (χ0) is 51.6. The Bertz CT molecular complexity index is 1710. The lowest BCUT2D eigenvalue weighted by Crippen LogP contribution is -2.67. The van der Waals surface area contributed by atoms with Crippen molar-refractivity contribution in [3.63, 3.8) is 0 Å². The molecule has 0 amide bonds. The van der Waals surface area contributed by atoms with Gasteiger partial charge in [0, 0.05) is 69.0 Å². The second-order valence-corrected chi connectivity index (χ2v) is 29.8. The highest BCUT2D eigenvalue weighted by atomic mass is 28.5. The van der Waals surface area contributed by atoms with E-state index in [4.69, 9.17) is 74.8 Å². The Kier molecular flexibility index (Phi) is 31.2. The first-order chi connectivity index (χ1) is 32.6. The van der Waals surface area contributed by atoms with E-state index < -0.39 is 82.0 Å². The lowest BCUT2D eigenvalue weighted by atomic mass is 10.4. The third-order valence-electron chi connectivity index (χ3n) is 8.93. The highest BCUT2D eigenvalue weighted by molar-refractivity contribution is 6.93. The molecule has 1 fully saturated rings. The zero-order valence-corrected chi connectivity index (χ0v) is 43.4. The number of rotatable bonds is 37. The number of carbonyl (C=O) groups excluding carboxylic acids is 4. The molecule has 0 saturated carbocycles. The monoisotopic (exact) mass is 1050 g/mol. The lowest BCUT2D eigenvalue weighted by molar-refractivity contribution is -0.140. The Hall–Kier alpha value is -4.73. The van der Waals surface area contributed by atoms with E-state index in [1.807, 2.05) is 26.2 Å². The van der Waals surface area contributed by atoms with E-state index in [-0.39, 0.29) is 85.7 Å². The fraction of sp³-hybridized carbons (Fsp3) is 0.610. The highest BCUT2D eigenvalue weighted by Crippen LogP contribution is 2.38. The summed E-state index contributed by atoms with van der Waals surface area (Å²) in [7, 11) is -12.7. The molecule has 24 nitrogen and oxygen atoms in total. The number of carboxylic acids is 4. The number of hydrogen-bond donors (Lipinski definition) is 4. The molecule has 0 aromatic carbocycles. The third kappa shape index (κ3) is 33.4. The molecule has 28 heteroatoms. The van der Waals surface area contributed by atoms with Gasteiger partial charge in [-0.15, -0.1) is 0 Å². The van der Waals surface area contributed by atoms with E-state index in [2.05, 4.69) is 0 Å². The van der Waals surface area contributed by atoms with Crippen LogP contribution in [-0.4, -0.2) is 182 Å². The van der Waals surface area contributed by atoms with Crippen LogP contribution in [0.2, 0.25) is 50.4 Å². The maximum Gasteiger partial charge on any atom is 0.331 e. The molecule has 2 atom stereocenters. The van der Waals surface area contributed by atoms with Crippen molar-refractivity contribution in [2.24, 2.45) is 0 Å². The van der Waals surface area contributed by atoms with E-state index >= 15 is 0 Å². The Morgan fingerprint density at radius 2 is 0.609 bits per heavy atom. The molecule has 0 radical (unpaired) electrons. The number of aliphatic carboxylic acids is 4. The SMILES string of the molecule is C[Si]1(CCCOCCOC(=O)/C=C\CC(=O)O)O[Si](C)(CCCOCCOC(=O)/C=C\C(=O)O)O[Si](C)(CCCOCCOC(=O)/C=C\C(=O)O)O[Si](C)(CCCOCCOC(=O)/C=C\C(=O)O)O1. The standard InChI is InChI=1S/C41H66O24Si4/c1-66(30-6-18-54-22-26-58-38(50)11-5-10-34(42)43)62-67(2,31-7-19-55-23-27-59-39(51)15-12-35(44)45)64-69(4,33-9-21-57-25-29-61-41(53)17-14-37(48)49)65-68(3,63-66)32-8-20-56-24-28-60-40(52)16-13-36(46)47/h5,11-17H,6-10,18-33H2,1-4H3,(H,42,43)(H,44,45)(H,46,47)(H,48,49)/b11-5-,15-12-,16-13-,17-14-. The van der Waals surface area contributed by atoms with Crippen LogP contribution in [0, 0.1) is 0 Å². The van der Waals surface area contributed by atoms with Gasteiger partial charge in [0.2, 0.25) is 0 Å². The summed E-state index contributed by atoms with van der Waals surface area (Å²) in [6.07, 6.45) is 8.25. The second-order valence-electron chi connectivity index (χ2n) is 15.5. The van der Waals surface area contributed by atoms with Crippen molar-refractivity contribution in [1.82, 2.24) is 0 Å². The Morgan fingerprint density at radius 1 is 0.362 bits per heavy atom. The van der Waals surface area contributed by atoms with Crippen LogP contribution in [0.15, 0.2) is 48.6 Å². The van der Waals surface area contributed by atoms with Crippen LogP contribution < -0.4 is 0 Å². The largest absolute Gasteiger partial charge is 0.481 e. The predicted molar refractivity (Wildman–Crippen MR) is 247 cm³/mol. The summed E-state index contributed by atoms with van der Waals surface area (Å²) in [6, 6.07) is 1.82. The average molecular weight is 1060 g/mol. The van der Waals surface area contributed by atoms with Gasteiger partial charge in [-0.25, -0.2) is 33.6 Å². The number of ether oxygens (including phenoxy) is 8. The molecule has 1 rings (SSSR count). The molecular weight excluding hydrogens is 989 g/mol. The topological polar surface area (TPSA) is 328 Å². The van der Waals surface area contributed by atoms with Crippen molar-refractivity contribution >= 4 is 82.0 Å². The quantitative estimate of drug-likeness (QED) is 0.0228. The molecule has 390 valence electrons. The van der Waals surface area contributed by atoms with Gasteiger partial charge in [-0.05, 0) is 76.0 Å². The number of carboxylic acid groups (broad SMARTS) is 4. The molecule has 1 aliphatic rings. The Labute approximate surface area is 404 Å². The summed E-state index contributed by atoms with van der Waals surface area (Å²) < 4.78 is 71.3. The zero-order valence-electron chi connectivity index (χ0n) is 39.4. The van der Waals surface area contributed by atoms with E-state index in [1.165, 1.54) is 6.08 Å². The van der Waals surface area contributed by atoms with Crippen LogP contribution in [0.1, 0.15) is 32.1 Å².